The van der Waals surface area contributed by atoms with Gasteiger partial charge in [0.15, 0.2) is 0 Å². The molecule has 1 aliphatic carbocycles. The number of nitrogens with zero attached hydrogens (tertiary/aromatic N) is 1. The van der Waals surface area contributed by atoms with Crippen molar-refractivity contribution < 1.29 is 14.3 Å². The van der Waals surface area contributed by atoms with Gasteiger partial charge in [-0.05, 0) is 49.3 Å². The second kappa shape index (κ2) is 7.16. The van der Waals surface area contributed by atoms with E-state index in [4.69, 9.17) is 4.74 Å². The molecular weight excluding hydrogens is 290 g/mol. The van der Waals surface area contributed by atoms with Gasteiger partial charge in [-0.25, -0.2) is 0 Å². The highest BCUT2D eigenvalue weighted by Gasteiger charge is 2.23. The van der Waals surface area contributed by atoms with Crippen LogP contribution in [0, 0.1) is 5.92 Å². The van der Waals surface area contributed by atoms with E-state index in [1.807, 2.05) is 29.2 Å². The standard InChI is InChI=1S/C19H25NO3/c1-14-4-2-5-17(12-14)23-19(22)13-15-7-9-16(10-8-15)20-11-3-6-18(20)21/h7-10,14,17H,2-6,11-13H2,1H3. The number of hydrogen-bond acceptors (Lipinski definition) is 3. The van der Waals surface area contributed by atoms with Gasteiger partial charge >= 0.3 is 5.97 Å². The zero-order valence-electron chi connectivity index (χ0n) is 13.8. The van der Waals surface area contributed by atoms with Crippen LogP contribution in [0.2, 0.25) is 0 Å². The van der Waals surface area contributed by atoms with Crippen LogP contribution < -0.4 is 4.90 Å². The number of carbonyl (C=O) groups excluding carboxylic acids is 2. The highest BCUT2D eigenvalue weighted by atomic mass is 16.5. The van der Waals surface area contributed by atoms with E-state index in [1.165, 1.54) is 6.42 Å². The lowest BCUT2D eigenvalue weighted by atomic mass is 9.89. The van der Waals surface area contributed by atoms with Gasteiger partial charge in [0.25, 0.3) is 0 Å². The minimum Gasteiger partial charge on any atom is -0.462 e. The van der Waals surface area contributed by atoms with E-state index >= 15 is 0 Å². The van der Waals surface area contributed by atoms with E-state index in [0.29, 0.717) is 18.8 Å². The molecule has 0 bridgehead atoms. The molecule has 1 saturated carbocycles. The third-order valence-electron chi connectivity index (χ3n) is 4.86. The summed E-state index contributed by atoms with van der Waals surface area (Å²) < 4.78 is 5.61. The zero-order valence-corrected chi connectivity index (χ0v) is 13.8. The number of benzene rings is 1. The fraction of sp³-hybridized carbons (Fsp3) is 0.579. The van der Waals surface area contributed by atoms with Gasteiger partial charge in [-0.2, -0.15) is 0 Å². The van der Waals surface area contributed by atoms with Gasteiger partial charge in [-0.1, -0.05) is 25.5 Å². The molecule has 124 valence electrons. The van der Waals surface area contributed by atoms with Crippen LogP contribution >= 0.6 is 0 Å². The molecule has 1 heterocycles. The molecule has 2 atom stereocenters. The quantitative estimate of drug-likeness (QED) is 0.799. The van der Waals surface area contributed by atoms with Crippen molar-refractivity contribution in [3.8, 4) is 0 Å². The topological polar surface area (TPSA) is 46.6 Å². The normalized spacial score (nSPS) is 24.7. The van der Waals surface area contributed by atoms with Gasteiger partial charge in [0.1, 0.15) is 6.10 Å². The smallest absolute Gasteiger partial charge is 0.310 e. The Bertz CT molecular complexity index is 566. The van der Waals surface area contributed by atoms with Crippen LogP contribution in [0.1, 0.15) is 51.0 Å². The van der Waals surface area contributed by atoms with Crippen molar-refractivity contribution in [2.45, 2.75) is 58.0 Å². The Morgan fingerprint density at radius 2 is 2.00 bits per heavy atom. The maximum atomic E-state index is 12.1. The van der Waals surface area contributed by atoms with E-state index in [2.05, 4.69) is 6.92 Å². The molecular formula is C19H25NO3. The molecule has 0 N–H and O–H groups in total. The van der Waals surface area contributed by atoms with E-state index in [9.17, 15) is 9.59 Å². The Labute approximate surface area is 137 Å². The molecule has 2 unspecified atom stereocenters. The lowest BCUT2D eigenvalue weighted by Crippen LogP contribution is -2.25. The van der Waals surface area contributed by atoms with Crippen molar-refractivity contribution in [1.82, 2.24) is 0 Å². The van der Waals surface area contributed by atoms with Crippen molar-refractivity contribution in [2.24, 2.45) is 5.92 Å². The second-order valence-electron chi connectivity index (χ2n) is 6.88. The summed E-state index contributed by atoms with van der Waals surface area (Å²) in [4.78, 5) is 25.6. The Hall–Kier alpha value is -1.84. The lowest BCUT2D eigenvalue weighted by Gasteiger charge is -2.26. The zero-order chi connectivity index (χ0) is 16.2. The van der Waals surface area contributed by atoms with Crippen LogP contribution in [0.4, 0.5) is 5.69 Å². The fourth-order valence-electron chi connectivity index (χ4n) is 3.59. The van der Waals surface area contributed by atoms with Crippen molar-refractivity contribution in [3.63, 3.8) is 0 Å². The molecule has 1 aromatic rings. The largest absolute Gasteiger partial charge is 0.462 e. The maximum absolute atomic E-state index is 12.1. The Morgan fingerprint density at radius 3 is 2.65 bits per heavy atom. The van der Waals surface area contributed by atoms with Gasteiger partial charge in [0.2, 0.25) is 5.91 Å². The number of ether oxygens (including phenoxy) is 1. The molecule has 3 rings (SSSR count). The van der Waals surface area contributed by atoms with Gasteiger partial charge < -0.3 is 9.64 Å². The average Bonchev–Trinajstić information content (AvgIpc) is 2.94. The van der Waals surface area contributed by atoms with E-state index in [-0.39, 0.29) is 18.0 Å². The third kappa shape index (κ3) is 4.12. The molecule has 1 aromatic carbocycles. The monoisotopic (exact) mass is 315 g/mol. The van der Waals surface area contributed by atoms with Crippen molar-refractivity contribution >= 4 is 17.6 Å². The summed E-state index contributed by atoms with van der Waals surface area (Å²) in [6, 6.07) is 7.69. The summed E-state index contributed by atoms with van der Waals surface area (Å²) >= 11 is 0. The summed E-state index contributed by atoms with van der Waals surface area (Å²) in [5.74, 6) is 0.691. The molecule has 0 spiro atoms. The number of anilines is 1. The summed E-state index contributed by atoms with van der Waals surface area (Å²) in [5.41, 5.74) is 1.86. The fourth-order valence-corrected chi connectivity index (χ4v) is 3.59. The molecule has 0 aromatic heterocycles. The highest BCUT2D eigenvalue weighted by molar-refractivity contribution is 5.95. The van der Waals surface area contributed by atoms with Crippen LogP contribution in [0.15, 0.2) is 24.3 Å². The van der Waals surface area contributed by atoms with Crippen molar-refractivity contribution in [3.05, 3.63) is 29.8 Å². The molecule has 2 fully saturated rings. The van der Waals surface area contributed by atoms with E-state index in [0.717, 1.165) is 43.5 Å². The summed E-state index contributed by atoms with van der Waals surface area (Å²) in [6.45, 7) is 3.01. The van der Waals surface area contributed by atoms with Gasteiger partial charge in [-0.3, -0.25) is 9.59 Å². The lowest BCUT2D eigenvalue weighted by molar-refractivity contribution is -0.150. The minimum absolute atomic E-state index is 0.0905. The summed E-state index contributed by atoms with van der Waals surface area (Å²) in [6.07, 6.45) is 6.32. The van der Waals surface area contributed by atoms with Crippen LogP contribution in [0.25, 0.3) is 0 Å². The predicted molar refractivity (Wildman–Crippen MR) is 89.2 cm³/mol. The first-order valence-corrected chi connectivity index (χ1v) is 8.70. The molecule has 0 radical (unpaired) electrons. The minimum atomic E-state index is -0.144. The first-order valence-electron chi connectivity index (χ1n) is 8.70. The van der Waals surface area contributed by atoms with Gasteiger partial charge in [0, 0.05) is 18.7 Å². The number of hydrogen-bond donors (Lipinski definition) is 0. The molecule has 23 heavy (non-hydrogen) atoms. The van der Waals surface area contributed by atoms with Crippen LogP contribution in [0.3, 0.4) is 0 Å². The molecule has 2 aliphatic rings. The second-order valence-corrected chi connectivity index (χ2v) is 6.88. The molecule has 1 saturated heterocycles. The third-order valence-corrected chi connectivity index (χ3v) is 4.86. The Balaban J connectivity index is 1.53. The predicted octanol–water partition coefficient (Wildman–Crippen LogP) is 3.48. The number of amides is 1. The first-order chi connectivity index (χ1) is 11.1. The van der Waals surface area contributed by atoms with Gasteiger partial charge in [-0.15, -0.1) is 0 Å². The molecule has 4 nitrogen and oxygen atoms in total. The number of carbonyl (C=O) groups is 2. The first kappa shape index (κ1) is 16.0. The van der Waals surface area contributed by atoms with Crippen molar-refractivity contribution in [1.29, 1.82) is 0 Å². The number of rotatable bonds is 4. The molecule has 1 amide bonds. The van der Waals surface area contributed by atoms with E-state index in [1.54, 1.807) is 0 Å². The van der Waals surface area contributed by atoms with Crippen molar-refractivity contribution in [2.75, 3.05) is 11.4 Å². The molecule has 4 heteroatoms. The van der Waals surface area contributed by atoms with E-state index < -0.39 is 0 Å². The number of esters is 1. The highest BCUT2D eigenvalue weighted by Crippen LogP contribution is 2.26. The SMILES string of the molecule is CC1CCCC(OC(=O)Cc2ccc(N3CCCC3=O)cc2)C1. The molecule has 1 aliphatic heterocycles. The van der Waals surface area contributed by atoms with Crippen LogP contribution in [-0.2, 0) is 20.7 Å². The maximum Gasteiger partial charge on any atom is 0.310 e. The van der Waals surface area contributed by atoms with Crippen LogP contribution in [0.5, 0.6) is 0 Å². The summed E-state index contributed by atoms with van der Waals surface area (Å²) in [7, 11) is 0. The Kier molecular flexibility index (Phi) is 4.99. The Morgan fingerprint density at radius 1 is 1.22 bits per heavy atom. The summed E-state index contributed by atoms with van der Waals surface area (Å²) in [5, 5.41) is 0. The van der Waals surface area contributed by atoms with Gasteiger partial charge in [0.05, 0.1) is 6.42 Å². The van der Waals surface area contributed by atoms with Crippen LogP contribution in [-0.4, -0.2) is 24.5 Å². The average molecular weight is 315 g/mol.